The second-order valence-electron chi connectivity index (χ2n) is 6.03. The minimum Gasteiger partial charge on any atom is -0.373 e. The van der Waals surface area contributed by atoms with Crippen molar-refractivity contribution < 1.29 is 9.53 Å². The molecule has 3 heterocycles. The molecule has 0 aromatic heterocycles. The second-order valence-corrected chi connectivity index (χ2v) is 6.03. The van der Waals surface area contributed by atoms with Crippen LogP contribution in [0.25, 0.3) is 0 Å². The lowest BCUT2D eigenvalue weighted by atomic mass is 9.99. The lowest BCUT2D eigenvalue weighted by molar-refractivity contribution is -0.126. The summed E-state index contributed by atoms with van der Waals surface area (Å²) in [5.74, 6) is 0.344. The molecule has 3 saturated heterocycles. The van der Waals surface area contributed by atoms with Gasteiger partial charge < -0.3 is 15.4 Å². The van der Waals surface area contributed by atoms with E-state index in [0.717, 1.165) is 39.1 Å². The Labute approximate surface area is 115 Å². The summed E-state index contributed by atoms with van der Waals surface area (Å²) in [5.41, 5.74) is 0. The fourth-order valence-corrected chi connectivity index (χ4v) is 3.44. The molecule has 3 fully saturated rings. The summed E-state index contributed by atoms with van der Waals surface area (Å²) in [6, 6.07) is 0.634. The van der Waals surface area contributed by atoms with Crippen LogP contribution in [0.3, 0.4) is 0 Å². The first-order valence-electron chi connectivity index (χ1n) is 7.67. The highest BCUT2D eigenvalue weighted by Crippen LogP contribution is 2.22. The minimum absolute atomic E-state index is 0.150. The summed E-state index contributed by atoms with van der Waals surface area (Å²) in [5, 5.41) is 6.35. The van der Waals surface area contributed by atoms with Crippen molar-refractivity contribution in [3.8, 4) is 0 Å². The van der Waals surface area contributed by atoms with Gasteiger partial charge in [0.1, 0.15) is 0 Å². The molecule has 0 aromatic carbocycles. The first-order chi connectivity index (χ1) is 9.33. The van der Waals surface area contributed by atoms with Crippen LogP contribution in [-0.4, -0.2) is 62.3 Å². The Hall–Kier alpha value is -0.650. The van der Waals surface area contributed by atoms with Gasteiger partial charge in [-0.25, -0.2) is 0 Å². The van der Waals surface area contributed by atoms with E-state index in [1.807, 2.05) is 0 Å². The molecule has 19 heavy (non-hydrogen) atoms. The number of amides is 1. The van der Waals surface area contributed by atoms with E-state index in [9.17, 15) is 4.79 Å². The van der Waals surface area contributed by atoms with Crippen molar-refractivity contribution in [2.45, 2.75) is 37.8 Å². The van der Waals surface area contributed by atoms with Crippen molar-refractivity contribution in [1.82, 2.24) is 15.5 Å². The third-order valence-electron chi connectivity index (χ3n) is 4.63. The Bertz CT molecular complexity index is 318. The van der Waals surface area contributed by atoms with E-state index in [4.69, 9.17) is 4.74 Å². The monoisotopic (exact) mass is 267 g/mol. The van der Waals surface area contributed by atoms with Crippen LogP contribution in [-0.2, 0) is 9.53 Å². The highest BCUT2D eigenvalue weighted by molar-refractivity contribution is 5.79. The molecule has 3 atom stereocenters. The van der Waals surface area contributed by atoms with Crippen molar-refractivity contribution in [3.05, 3.63) is 0 Å². The molecule has 0 radical (unpaired) electrons. The van der Waals surface area contributed by atoms with E-state index >= 15 is 0 Å². The highest BCUT2D eigenvalue weighted by atomic mass is 16.5. The zero-order chi connectivity index (χ0) is 13.1. The van der Waals surface area contributed by atoms with Crippen LogP contribution in [0.15, 0.2) is 0 Å². The number of morpholine rings is 1. The lowest BCUT2D eigenvalue weighted by Gasteiger charge is -2.35. The number of rotatable bonds is 3. The number of hydrogen-bond acceptors (Lipinski definition) is 4. The van der Waals surface area contributed by atoms with Crippen molar-refractivity contribution >= 4 is 5.91 Å². The number of nitrogens with one attached hydrogen (secondary N) is 2. The maximum atomic E-state index is 12.0. The fraction of sp³-hybridized carbons (Fsp3) is 0.929. The Balaban J connectivity index is 1.40. The number of nitrogens with zero attached hydrogens (tertiary/aromatic N) is 1. The Morgan fingerprint density at radius 3 is 3.16 bits per heavy atom. The van der Waals surface area contributed by atoms with Gasteiger partial charge in [0.2, 0.25) is 5.91 Å². The third kappa shape index (κ3) is 3.27. The summed E-state index contributed by atoms with van der Waals surface area (Å²) >= 11 is 0. The minimum atomic E-state index is 0.150. The van der Waals surface area contributed by atoms with Crippen LogP contribution in [0.1, 0.15) is 25.7 Å². The molecule has 0 aliphatic carbocycles. The van der Waals surface area contributed by atoms with Gasteiger partial charge in [0.25, 0.3) is 0 Å². The van der Waals surface area contributed by atoms with Gasteiger partial charge in [-0.3, -0.25) is 9.69 Å². The number of hydrogen-bond donors (Lipinski definition) is 2. The van der Waals surface area contributed by atoms with Crippen molar-refractivity contribution in [1.29, 1.82) is 0 Å². The van der Waals surface area contributed by atoms with Crippen LogP contribution >= 0.6 is 0 Å². The molecule has 3 aliphatic rings. The maximum Gasteiger partial charge on any atom is 0.224 e. The molecular weight excluding hydrogens is 242 g/mol. The standard InChI is InChI=1S/C14H25N3O2/c18-14(11-3-1-5-15-7-11)16-8-13-9-17-6-2-4-12(17)10-19-13/h11-13,15H,1-10H2,(H,16,18)/t11-,12?,13?/m0/s1. The van der Waals surface area contributed by atoms with Crippen molar-refractivity contribution in [2.75, 3.05) is 39.3 Å². The molecular formula is C14H25N3O2. The van der Waals surface area contributed by atoms with Crippen LogP contribution in [0.5, 0.6) is 0 Å². The highest BCUT2D eigenvalue weighted by Gasteiger charge is 2.32. The second kappa shape index (κ2) is 6.20. The maximum absolute atomic E-state index is 12.0. The fourth-order valence-electron chi connectivity index (χ4n) is 3.44. The summed E-state index contributed by atoms with van der Waals surface area (Å²) in [4.78, 5) is 14.6. The van der Waals surface area contributed by atoms with Gasteiger partial charge in [0.15, 0.2) is 0 Å². The number of ether oxygens (including phenoxy) is 1. The van der Waals surface area contributed by atoms with Crippen LogP contribution < -0.4 is 10.6 Å². The van der Waals surface area contributed by atoms with Gasteiger partial charge >= 0.3 is 0 Å². The Morgan fingerprint density at radius 1 is 1.37 bits per heavy atom. The summed E-state index contributed by atoms with van der Waals surface area (Å²) in [7, 11) is 0. The largest absolute Gasteiger partial charge is 0.373 e. The number of carbonyl (C=O) groups excluding carboxylic acids is 1. The average Bonchev–Trinajstić information content (AvgIpc) is 2.93. The summed E-state index contributed by atoms with van der Waals surface area (Å²) < 4.78 is 5.86. The first kappa shape index (κ1) is 13.3. The summed E-state index contributed by atoms with van der Waals surface area (Å²) in [6.07, 6.45) is 4.86. The zero-order valence-corrected chi connectivity index (χ0v) is 11.6. The quantitative estimate of drug-likeness (QED) is 0.754. The van der Waals surface area contributed by atoms with Crippen LogP contribution in [0.4, 0.5) is 0 Å². The van der Waals surface area contributed by atoms with E-state index in [0.29, 0.717) is 12.6 Å². The van der Waals surface area contributed by atoms with E-state index in [-0.39, 0.29) is 17.9 Å². The van der Waals surface area contributed by atoms with Gasteiger partial charge in [-0.05, 0) is 38.8 Å². The normalized spacial score (nSPS) is 35.9. The van der Waals surface area contributed by atoms with Crippen molar-refractivity contribution in [2.24, 2.45) is 5.92 Å². The van der Waals surface area contributed by atoms with Gasteiger partial charge in [0, 0.05) is 25.7 Å². The number of fused-ring (bicyclic) bond motifs is 1. The molecule has 0 spiro atoms. The van der Waals surface area contributed by atoms with Crippen LogP contribution in [0.2, 0.25) is 0 Å². The first-order valence-corrected chi connectivity index (χ1v) is 7.67. The molecule has 108 valence electrons. The molecule has 1 amide bonds. The molecule has 0 aromatic rings. The topological polar surface area (TPSA) is 53.6 Å². The predicted molar refractivity (Wildman–Crippen MR) is 72.9 cm³/mol. The molecule has 5 heteroatoms. The molecule has 3 aliphatic heterocycles. The van der Waals surface area contributed by atoms with Gasteiger partial charge in [0.05, 0.1) is 18.6 Å². The van der Waals surface area contributed by atoms with Gasteiger partial charge in [-0.15, -0.1) is 0 Å². The van der Waals surface area contributed by atoms with E-state index in [1.54, 1.807) is 0 Å². The molecule has 0 bridgehead atoms. The molecule has 0 saturated carbocycles. The molecule has 5 nitrogen and oxygen atoms in total. The molecule has 2 unspecified atom stereocenters. The smallest absolute Gasteiger partial charge is 0.224 e. The Kier molecular flexibility index (Phi) is 4.35. The third-order valence-corrected chi connectivity index (χ3v) is 4.63. The van der Waals surface area contributed by atoms with E-state index < -0.39 is 0 Å². The van der Waals surface area contributed by atoms with Crippen LogP contribution in [0, 0.1) is 5.92 Å². The Morgan fingerprint density at radius 2 is 2.32 bits per heavy atom. The van der Waals surface area contributed by atoms with Gasteiger partial charge in [-0.2, -0.15) is 0 Å². The van der Waals surface area contributed by atoms with E-state index in [2.05, 4.69) is 15.5 Å². The molecule has 3 rings (SSSR count). The predicted octanol–water partition coefficient (Wildman–Crippen LogP) is -0.0346. The summed E-state index contributed by atoms with van der Waals surface area (Å²) in [6.45, 7) is 5.56. The number of piperidine rings is 1. The van der Waals surface area contributed by atoms with E-state index in [1.165, 1.54) is 19.4 Å². The SMILES string of the molecule is O=C(NCC1CN2CCCC2CO1)[C@H]1CCCNC1. The molecule has 2 N–H and O–H groups in total. The van der Waals surface area contributed by atoms with Crippen molar-refractivity contribution in [3.63, 3.8) is 0 Å². The van der Waals surface area contributed by atoms with Gasteiger partial charge in [-0.1, -0.05) is 0 Å². The zero-order valence-electron chi connectivity index (χ0n) is 11.6. The number of carbonyl (C=O) groups is 1. The lowest BCUT2D eigenvalue weighted by Crippen LogP contribution is -2.51. The average molecular weight is 267 g/mol.